The average molecular weight is 532 g/mol. The Morgan fingerprint density at radius 3 is 1.95 bits per heavy atom. The van der Waals surface area contributed by atoms with Crippen LogP contribution >= 0.6 is 0 Å². The van der Waals surface area contributed by atoms with Crippen LogP contribution < -0.4 is 10.6 Å². The van der Waals surface area contributed by atoms with Gasteiger partial charge < -0.3 is 15.7 Å². The molecule has 3 aromatic rings. The second-order valence-corrected chi connectivity index (χ2v) is 8.65. The SMILES string of the molecule is O=C(/C=C/C=C(c1ccc(C(F)(F)F)cc1)c1ccc(C(F)(F)F)cc1)Nc1cccc2c1CC(O)CN2. The van der Waals surface area contributed by atoms with Crippen molar-refractivity contribution in [3.8, 4) is 0 Å². The molecular weight excluding hydrogens is 510 g/mol. The van der Waals surface area contributed by atoms with Crippen molar-refractivity contribution in [3.63, 3.8) is 0 Å². The number of hydrogen-bond donors (Lipinski definition) is 3. The first-order valence-electron chi connectivity index (χ1n) is 11.5. The first kappa shape index (κ1) is 27.0. The summed E-state index contributed by atoms with van der Waals surface area (Å²) in [6.07, 6.45) is -5.34. The lowest BCUT2D eigenvalue weighted by atomic mass is 9.95. The summed E-state index contributed by atoms with van der Waals surface area (Å²) in [6.45, 7) is 0.395. The van der Waals surface area contributed by atoms with Crippen LogP contribution in [0.4, 0.5) is 37.7 Å². The first-order valence-corrected chi connectivity index (χ1v) is 11.5. The van der Waals surface area contributed by atoms with E-state index in [4.69, 9.17) is 0 Å². The molecule has 1 aliphatic heterocycles. The number of amides is 1. The highest BCUT2D eigenvalue weighted by Crippen LogP contribution is 2.34. The molecule has 1 heterocycles. The Morgan fingerprint density at radius 2 is 1.42 bits per heavy atom. The van der Waals surface area contributed by atoms with Crippen molar-refractivity contribution in [2.24, 2.45) is 0 Å². The van der Waals surface area contributed by atoms with Crippen LogP contribution in [0.15, 0.2) is 85.0 Å². The Bertz CT molecular complexity index is 1300. The molecule has 0 spiro atoms. The minimum Gasteiger partial charge on any atom is -0.391 e. The molecular formula is C28H22F6N2O2. The van der Waals surface area contributed by atoms with Gasteiger partial charge in [-0.15, -0.1) is 0 Å². The van der Waals surface area contributed by atoms with Crippen molar-refractivity contribution in [3.05, 3.63) is 113 Å². The van der Waals surface area contributed by atoms with E-state index in [0.29, 0.717) is 35.4 Å². The number of allylic oxidation sites excluding steroid dienone is 2. The molecule has 1 atom stereocenters. The van der Waals surface area contributed by atoms with Crippen molar-refractivity contribution in [2.75, 3.05) is 17.2 Å². The molecule has 1 unspecified atom stereocenters. The topological polar surface area (TPSA) is 61.4 Å². The van der Waals surface area contributed by atoms with E-state index in [1.807, 2.05) is 6.07 Å². The maximum Gasteiger partial charge on any atom is 0.416 e. The number of hydrogen-bond acceptors (Lipinski definition) is 3. The normalized spacial score (nSPS) is 15.5. The van der Waals surface area contributed by atoms with Crippen molar-refractivity contribution in [1.29, 1.82) is 0 Å². The second kappa shape index (κ2) is 10.7. The molecule has 3 aromatic carbocycles. The van der Waals surface area contributed by atoms with E-state index in [1.165, 1.54) is 42.5 Å². The molecule has 0 saturated heterocycles. The number of carbonyl (C=O) groups is 1. The van der Waals surface area contributed by atoms with E-state index in [1.54, 1.807) is 12.1 Å². The number of fused-ring (bicyclic) bond motifs is 1. The van der Waals surface area contributed by atoms with E-state index < -0.39 is 35.5 Å². The molecule has 1 amide bonds. The fourth-order valence-electron chi connectivity index (χ4n) is 4.07. The van der Waals surface area contributed by atoms with Gasteiger partial charge in [0, 0.05) is 36.0 Å². The summed E-state index contributed by atoms with van der Waals surface area (Å²) >= 11 is 0. The molecule has 38 heavy (non-hydrogen) atoms. The van der Waals surface area contributed by atoms with Gasteiger partial charge in [0.05, 0.1) is 17.2 Å². The molecule has 4 nitrogen and oxygen atoms in total. The van der Waals surface area contributed by atoms with Crippen LogP contribution in [0, 0.1) is 0 Å². The van der Waals surface area contributed by atoms with Crippen LogP contribution in [-0.2, 0) is 23.6 Å². The van der Waals surface area contributed by atoms with Crippen LogP contribution in [-0.4, -0.2) is 23.7 Å². The highest BCUT2D eigenvalue weighted by Gasteiger charge is 2.31. The zero-order valence-corrected chi connectivity index (χ0v) is 19.7. The largest absolute Gasteiger partial charge is 0.416 e. The van der Waals surface area contributed by atoms with Gasteiger partial charge in [-0.2, -0.15) is 26.3 Å². The third-order valence-electron chi connectivity index (χ3n) is 5.96. The maximum absolute atomic E-state index is 13.0. The Labute approximate surface area is 214 Å². The molecule has 0 aliphatic carbocycles. The Hall–Kier alpha value is -4.05. The fraction of sp³-hybridized carbons (Fsp3) is 0.179. The predicted molar refractivity (Wildman–Crippen MR) is 132 cm³/mol. The van der Waals surface area contributed by atoms with Crippen molar-refractivity contribution >= 4 is 22.9 Å². The molecule has 0 radical (unpaired) electrons. The summed E-state index contributed by atoms with van der Waals surface area (Å²) in [5.41, 5.74) is 1.28. The molecule has 0 aromatic heterocycles. The number of carbonyl (C=O) groups excluding carboxylic acids is 1. The highest BCUT2D eigenvalue weighted by molar-refractivity contribution is 6.00. The zero-order valence-electron chi connectivity index (χ0n) is 19.7. The van der Waals surface area contributed by atoms with Gasteiger partial charge >= 0.3 is 12.4 Å². The maximum atomic E-state index is 13.0. The first-order chi connectivity index (χ1) is 17.9. The molecule has 10 heteroatoms. The van der Waals surface area contributed by atoms with E-state index in [-0.39, 0.29) is 0 Å². The summed E-state index contributed by atoms with van der Waals surface area (Å²) in [7, 11) is 0. The van der Waals surface area contributed by atoms with Crippen molar-refractivity contribution in [2.45, 2.75) is 24.9 Å². The summed E-state index contributed by atoms with van der Waals surface area (Å²) in [4.78, 5) is 12.6. The summed E-state index contributed by atoms with van der Waals surface area (Å²) in [6, 6.07) is 13.7. The third-order valence-corrected chi connectivity index (χ3v) is 5.96. The van der Waals surface area contributed by atoms with Gasteiger partial charge in [-0.05, 0) is 53.1 Å². The monoisotopic (exact) mass is 532 g/mol. The Balaban J connectivity index is 1.61. The number of rotatable bonds is 5. The molecule has 0 bridgehead atoms. The van der Waals surface area contributed by atoms with Crippen molar-refractivity contribution < 1.29 is 36.2 Å². The number of halogens is 6. The number of benzene rings is 3. The lowest BCUT2D eigenvalue weighted by Gasteiger charge is -2.24. The third kappa shape index (κ3) is 6.44. The lowest BCUT2D eigenvalue weighted by molar-refractivity contribution is -0.138. The number of alkyl halides is 6. The predicted octanol–water partition coefficient (Wildman–Crippen LogP) is 6.68. The van der Waals surface area contributed by atoms with Gasteiger partial charge in [0.15, 0.2) is 0 Å². The summed E-state index contributed by atoms with van der Waals surface area (Å²) < 4.78 is 78.0. The standard InChI is InChI=1S/C28H22F6N2O2/c29-27(30,31)19-11-7-17(8-12-19)22(18-9-13-20(14-10-18)28(32,33)34)3-1-6-26(38)36-25-5-2-4-24-23(25)15-21(37)16-35-24/h1-14,21,35,37H,15-16H2,(H,36,38)/b6-1+. The molecule has 4 rings (SSSR count). The number of β-amino-alcohol motifs (C(OH)–C–C–N with tert-alkyl or cyclic N) is 1. The van der Waals surface area contributed by atoms with E-state index >= 15 is 0 Å². The molecule has 0 saturated carbocycles. The van der Waals surface area contributed by atoms with Gasteiger partial charge in [0.1, 0.15) is 0 Å². The highest BCUT2D eigenvalue weighted by atomic mass is 19.4. The van der Waals surface area contributed by atoms with Gasteiger partial charge in [0.25, 0.3) is 0 Å². The number of anilines is 2. The quantitative estimate of drug-likeness (QED) is 0.195. The summed E-state index contributed by atoms with van der Waals surface area (Å²) in [5, 5.41) is 15.7. The van der Waals surface area contributed by atoms with Gasteiger partial charge in [-0.25, -0.2) is 0 Å². The average Bonchev–Trinajstić information content (AvgIpc) is 2.86. The number of aliphatic hydroxyl groups excluding tert-OH is 1. The zero-order chi connectivity index (χ0) is 27.5. The van der Waals surface area contributed by atoms with Crippen LogP contribution in [0.1, 0.15) is 27.8 Å². The number of aliphatic hydroxyl groups is 1. The number of nitrogens with one attached hydrogen (secondary N) is 2. The molecule has 1 aliphatic rings. The van der Waals surface area contributed by atoms with Crippen LogP contribution in [0.2, 0.25) is 0 Å². The molecule has 198 valence electrons. The van der Waals surface area contributed by atoms with Crippen LogP contribution in [0.3, 0.4) is 0 Å². The van der Waals surface area contributed by atoms with Crippen molar-refractivity contribution in [1.82, 2.24) is 0 Å². The Kier molecular flexibility index (Phi) is 7.63. The lowest BCUT2D eigenvalue weighted by Crippen LogP contribution is -2.28. The Morgan fingerprint density at radius 1 is 0.868 bits per heavy atom. The van der Waals surface area contributed by atoms with E-state index in [2.05, 4.69) is 10.6 Å². The van der Waals surface area contributed by atoms with E-state index in [0.717, 1.165) is 35.5 Å². The molecule has 0 fully saturated rings. The minimum atomic E-state index is -4.54. The second-order valence-electron chi connectivity index (χ2n) is 8.65. The smallest absolute Gasteiger partial charge is 0.391 e. The van der Waals surface area contributed by atoms with Gasteiger partial charge in [-0.1, -0.05) is 42.5 Å². The van der Waals surface area contributed by atoms with Crippen LogP contribution in [0.5, 0.6) is 0 Å². The molecule has 3 N–H and O–H groups in total. The minimum absolute atomic E-state index is 0.319. The fourth-order valence-corrected chi connectivity index (χ4v) is 4.07. The van der Waals surface area contributed by atoms with Gasteiger partial charge in [0.2, 0.25) is 5.91 Å². The van der Waals surface area contributed by atoms with Gasteiger partial charge in [-0.3, -0.25) is 4.79 Å². The van der Waals surface area contributed by atoms with E-state index in [9.17, 15) is 36.2 Å². The summed E-state index contributed by atoms with van der Waals surface area (Å²) in [5.74, 6) is -0.506. The van der Waals surface area contributed by atoms with Crippen LogP contribution in [0.25, 0.3) is 5.57 Å².